The van der Waals surface area contributed by atoms with Gasteiger partial charge in [-0.2, -0.15) is 0 Å². The first-order valence-corrected chi connectivity index (χ1v) is 9.07. The van der Waals surface area contributed by atoms with E-state index in [4.69, 9.17) is 0 Å². The maximum atomic E-state index is 12.6. The fourth-order valence-corrected chi connectivity index (χ4v) is 2.91. The second-order valence-electron chi connectivity index (χ2n) is 5.79. The van der Waals surface area contributed by atoms with Crippen LogP contribution in [0.1, 0.15) is 30.7 Å². The molecule has 0 fully saturated rings. The van der Waals surface area contributed by atoms with Crippen molar-refractivity contribution in [3.05, 3.63) is 53.0 Å². The number of thiazole rings is 1. The molecule has 1 heterocycles. The zero-order valence-electron chi connectivity index (χ0n) is 14.7. The zero-order valence-corrected chi connectivity index (χ0v) is 15.5. The molecule has 132 valence electrons. The van der Waals surface area contributed by atoms with Crippen molar-refractivity contribution in [2.45, 2.75) is 33.2 Å². The van der Waals surface area contributed by atoms with Crippen LogP contribution >= 0.6 is 11.3 Å². The summed E-state index contributed by atoms with van der Waals surface area (Å²) in [5.74, 6) is -0.417. The predicted octanol–water partition coefficient (Wildman–Crippen LogP) is 3.73. The number of carbonyl (C=O) groups is 2. The SMILES string of the molecule is CCC(C)N(CC(=O)Nc1ncc(C)s1)C(=O)/C=C/c1ccccc1. The lowest BCUT2D eigenvalue weighted by atomic mass is 10.2. The van der Waals surface area contributed by atoms with Crippen molar-refractivity contribution in [1.29, 1.82) is 0 Å². The van der Waals surface area contributed by atoms with Gasteiger partial charge in [0.25, 0.3) is 0 Å². The summed E-state index contributed by atoms with van der Waals surface area (Å²) in [4.78, 5) is 31.5. The number of rotatable bonds is 7. The van der Waals surface area contributed by atoms with Gasteiger partial charge in [-0.25, -0.2) is 4.98 Å². The zero-order chi connectivity index (χ0) is 18.2. The lowest BCUT2D eigenvalue weighted by Crippen LogP contribution is -2.42. The summed E-state index contributed by atoms with van der Waals surface area (Å²) >= 11 is 1.41. The standard InChI is InChI=1S/C19H23N3O2S/c1-4-14(2)22(13-17(23)21-19-20-12-15(3)25-19)18(24)11-10-16-8-6-5-7-9-16/h5-12,14H,4,13H2,1-3H3,(H,20,21,23)/b11-10+. The Morgan fingerprint density at radius 2 is 2.04 bits per heavy atom. The van der Waals surface area contributed by atoms with Gasteiger partial charge in [-0.1, -0.05) is 37.3 Å². The van der Waals surface area contributed by atoms with E-state index >= 15 is 0 Å². The summed E-state index contributed by atoms with van der Waals surface area (Å²) < 4.78 is 0. The number of carbonyl (C=O) groups excluding carboxylic acids is 2. The average Bonchev–Trinajstić information content (AvgIpc) is 3.02. The molecule has 1 aromatic carbocycles. The Labute approximate surface area is 152 Å². The molecular weight excluding hydrogens is 334 g/mol. The van der Waals surface area contributed by atoms with E-state index in [0.29, 0.717) is 5.13 Å². The largest absolute Gasteiger partial charge is 0.327 e. The summed E-state index contributed by atoms with van der Waals surface area (Å²) in [5.41, 5.74) is 0.947. The highest BCUT2D eigenvalue weighted by Gasteiger charge is 2.20. The van der Waals surface area contributed by atoms with Gasteiger partial charge in [-0.15, -0.1) is 11.3 Å². The van der Waals surface area contributed by atoms with Crippen LogP contribution in [0.2, 0.25) is 0 Å². The number of hydrogen-bond donors (Lipinski definition) is 1. The van der Waals surface area contributed by atoms with Crippen LogP contribution in [0.5, 0.6) is 0 Å². The number of aromatic nitrogens is 1. The molecule has 6 heteroatoms. The van der Waals surface area contributed by atoms with Gasteiger partial charge in [0.2, 0.25) is 11.8 Å². The average molecular weight is 357 g/mol. The predicted molar refractivity (Wildman–Crippen MR) is 102 cm³/mol. The molecule has 0 radical (unpaired) electrons. The smallest absolute Gasteiger partial charge is 0.247 e. The molecule has 2 rings (SSSR count). The van der Waals surface area contributed by atoms with E-state index < -0.39 is 0 Å². The van der Waals surface area contributed by atoms with Crippen molar-refractivity contribution >= 4 is 34.4 Å². The Kier molecular flexibility index (Phi) is 6.89. The minimum atomic E-state index is -0.240. The number of nitrogens with zero attached hydrogens (tertiary/aromatic N) is 2. The molecule has 0 aliphatic heterocycles. The van der Waals surface area contributed by atoms with E-state index in [0.717, 1.165) is 16.9 Å². The Balaban J connectivity index is 2.03. The van der Waals surface area contributed by atoms with Gasteiger partial charge in [0.15, 0.2) is 5.13 Å². The monoisotopic (exact) mass is 357 g/mol. The molecule has 0 bridgehead atoms. The summed E-state index contributed by atoms with van der Waals surface area (Å²) in [5, 5.41) is 3.31. The van der Waals surface area contributed by atoms with Gasteiger partial charge < -0.3 is 10.2 Å². The van der Waals surface area contributed by atoms with Crippen LogP contribution in [-0.2, 0) is 9.59 Å². The van der Waals surface area contributed by atoms with Crippen LogP contribution in [-0.4, -0.2) is 34.3 Å². The van der Waals surface area contributed by atoms with Gasteiger partial charge in [0.05, 0.1) is 0 Å². The molecule has 2 amide bonds. The van der Waals surface area contributed by atoms with Crippen LogP contribution < -0.4 is 5.32 Å². The van der Waals surface area contributed by atoms with Gasteiger partial charge in [-0.05, 0) is 31.9 Å². The van der Waals surface area contributed by atoms with Crippen molar-refractivity contribution in [2.75, 3.05) is 11.9 Å². The van der Waals surface area contributed by atoms with Crippen molar-refractivity contribution in [2.24, 2.45) is 0 Å². The van der Waals surface area contributed by atoms with E-state index in [2.05, 4.69) is 10.3 Å². The van der Waals surface area contributed by atoms with Gasteiger partial charge in [0, 0.05) is 23.2 Å². The Hall–Kier alpha value is -2.47. The molecule has 1 unspecified atom stereocenters. The van der Waals surface area contributed by atoms with E-state index in [1.54, 1.807) is 17.2 Å². The lowest BCUT2D eigenvalue weighted by Gasteiger charge is -2.26. The highest BCUT2D eigenvalue weighted by molar-refractivity contribution is 7.15. The molecule has 0 spiro atoms. The third-order valence-corrected chi connectivity index (χ3v) is 4.63. The van der Waals surface area contributed by atoms with E-state index in [1.807, 2.05) is 51.1 Å². The van der Waals surface area contributed by atoms with Crippen molar-refractivity contribution in [3.8, 4) is 0 Å². The van der Waals surface area contributed by atoms with Gasteiger partial charge in [0.1, 0.15) is 6.54 Å². The molecule has 25 heavy (non-hydrogen) atoms. The molecule has 2 aromatic rings. The third-order valence-electron chi connectivity index (χ3n) is 3.81. The molecule has 0 aliphatic rings. The summed E-state index contributed by atoms with van der Waals surface area (Å²) in [6.07, 6.45) is 5.76. The van der Waals surface area contributed by atoms with Gasteiger partial charge in [-0.3, -0.25) is 9.59 Å². The molecule has 5 nitrogen and oxygen atoms in total. The second kappa shape index (κ2) is 9.13. The Bertz CT molecular complexity index is 740. The summed E-state index contributed by atoms with van der Waals surface area (Å²) in [6.45, 7) is 5.87. The number of anilines is 1. The maximum Gasteiger partial charge on any atom is 0.247 e. The van der Waals surface area contributed by atoms with E-state index in [9.17, 15) is 9.59 Å². The first-order chi connectivity index (χ1) is 12.0. The van der Waals surface area contributed by atoms with E-state index in [-0.39, 0.29) is 24.4 Å². The quantitative estimate of drug-likeness (QED) is 0.768. The molecule has 1 N–H and O–H groups in total. The molecular formula is C19H23N3O2S. The number of aryl methyl sites for hydroxylation is 1. The topological polar surface area (TPSA) is 62.3 Å². The molecule has 1 atom stereocenters. The molecule has 1 aromatic heterocycles. The van der Waals surface area contributed by atoms with Crippen molar-refractivity contribution in [1.82, 2.24) is 9.88 Å². The van der Waals surface area contributed by atoms with Gasteiger partial charge >= 0.3 is 0 Å². The fourth-order valence-electron chi connectivity index (χ4n) is 2.22. The number of amides is 2. The maximum absolute atomic E-state index is 12.6. The van der Waals surface area contributed by atoms with Crippen LogP contribution in [0.3, 0.4) is 0 Å². The fraction of sp³-hybridized carbons (Fsp3) is 0.316. The van der Waals surface area contributed by atoms with Crippen LogP contribution in [0, 0.1) is 6.92 Å². The summed E-state index contributed by atoms with van der Waals surface area (Å²) in [6, 6.07) is 9.58. The highest BCUT2D eigenvalue weighted by atomic mass is 32.1. The van der Waals surface area contributed by atoms with Crippen LogP contribution in [0.15, 0.2) is 42.6 Å². The van der Waals surface area contributed by atoms with E-state index in [1.165, 1.54) is 17.4 Å². The number of hydrogen-bond acceptors (Lipinski definition) is 4. The molecule has 0 saturated heterocycles. The Morgan fingerprint density at radius 1 is 1.32 bits per heavy atom. The summed E-state index contributed by atoms with van der Waals surface area (Å²) in [7, 11) is 0. The van der Waals surface area contributed by atoms with Crippen LogP contribution in [0.4, 0.5) is 5.13 Å². The first-order valence-electron chi connectivity index (χ1n) is 8.25. The van der Waals surface area contributed by atoms with Crippen molar-refractivity contribution < 1.29 is 9.59 Å². The molecule has 0 saturated carbocycles. The first kappa shape index (κ1) is 18.9. The molecule has 0 aliphatic carbocycles. The van der Waals surface area contributed by atoms with Crippen molar-refractivity contribution in [3.63, 3.8) is 0 Å². The second-order valence-corrected chi connectivity index (χ2v) is 7.03. The lowest BCUT2D eigenvalue weighted by molar-refractivity contribution is -0.132. The van der Waals surface area contributed by atoms with Crippen LogP contribution in [0.25, 0.3) is 6.08 Å². The normalized spacial score (nSPS) is 12.1. The minimum absolute atomic E-state index is 0.00555. The third kappa shape index (κ3) is 5.83. The number of benzene rings is 1. The Morgan fingerprint density at radius 3 is 2.64 bits per heavy atom. The highest BCUT2D eigenvalue weighted by Crippen LogP contribution is 2.16. The number of nitrogens with one attached hydrogen (secondary N) is 1. The minimum Gasteiger partial charge on any atom is -0.327 e.